The molecule has 0 aromatic rings. The Balaban J connectivity index is 4.07. The van der Waals surface area contributed by atoms with Crippen LogP contribution in [0, 0.1) is 5.92 Å². The largest absolute Gasteiger partial charge is 0.394 e. The van der Waals surface area contributed by atoms with Crippen LogP contribution >= 0.6 is 0 Å². The molecule has 0 fully saturated rings. The maximum Gasteiger partial charge on any atom is 0.220 e. The number of hydrogen-bond donors (Lipinski definition) is 3. The summed E-state index contributed by atoms with van der Waals surface area (Å²) in [6, 6.07) is 0. The Morgan fingerprint density at radius 3 is 2.35 bits per heavy atom. The average molecular weight is 244 g/mol. The first-order valence-corrected chi connectivity index (χ1v) is 6.65. The molecule has 102 valence electrons. The van der Waals surface area contributed by atoms with Gasteiger partial charge in [-0.15, -0.1) is 0 Å². The van der Waals surface area contributed by atoms with Crippen molar-refractivity contribution in [2.75, 3.05) is 13.2 Å². The predicted octanol–water partition coefficient (Wildman–Crippen LogP) is 1.42. The summed E-state index contributed by atoms with van der Waals surface area (Å²) in [4.78, 5) is 11.8. The Kier molecular flexibility index (Phi) is 8.17. The third kappa shape index (κ3) is 6.03. The van der Waals surface area contributed by atoms with Crippen LogP contribution in [-0.2, 0) is 4.79 Å². The number of carbonyl (C=O) groups excluding carboxylic acids is 1. The SMILES string of the molecule is CCC(CC)(CO)NC(=O)CCC(C)CCN. The van der Waals surface area contributed by atoms with Gasteiger partial charge in [-0.1, -0.05) is 20.8 Å². The highest BCUT2D eigenvalue weighted by Gasteiger charge is 2.26. The van der Waals surface area contributed by atoms with Crippen LogP contribution in [0.1, 0.15) is 52.9 Å². The Hall–Kier alpha value is -0.610. The molecule has 0 radical (unpaired) electrons. The number of hydrogen-bond acceptors (Lipinski definition) is 3. The summed E-state index contributed by atoms with van der Waals surface area (Å²) in [6.07, 6.45) is 3.84. The molecule has 0 aliphatic carbocycles. The highest BCUT2D eigenvalue weighted by Crippen LogP contribution is 2.15. The van der Waals surface area contributed by atoms with Crippen LogP contribution in [0.5, 0.6) is 0 Å². The number of aliphatic hydroxyl groups excluding tert-OH is 1. The fourth-order valence-corrected chi connectivity index (χ4v) is 1.85. The molecule has 0 aromatic heterocycles. The van der Waals surface area contributed by atoms with Gasteiger partial charge in [0.1, 0.15) is 0 Å². The molecule has 0 aliphatic heterocycles. The van der Waals surface area contributed by atoms with Gasteiger partial charge in [-0.2, -0.15) is 0 Å². The summed E-state index contributed by atoms with van der Waals surface area (Å²) in [7, 11) is 0. The molecule has 1 atom stereocenters. The van der Waals surface area contributed by atoms with Crippen molar-refractivity contribution in [2.45, 2.75) is 58.4 Å². The van der Waals surface area contributed by atoms with Crippen LogP contribution in [0.25, 0.3) is 0 Å². The summed E-state index contributed by atoms with van der Waals surface area (Å²) >= 11 is 0. The number of rotatable bonds is 9. The molecule has 4 nitrogen and oxygen atoms in total. The molecule has 0 saturated heterocycles. The molecule has 0 aromatic carbocycles. The summed E-state index contributed by atoms with van der Waals surface area (Å²) < 4.78 is 0. The third-order valence-corrected chi connectivity index (χ3v) is 3.58. The van der Waals surface area contributed by atoms with Gasteiger partial charge in [-0.05, 0) is 38.1 Å². The molecular formula is C13H28N2O2. The Morgan fingerprint density at radius 2 is 1.94 bits per heavy atom. The molecule has 4 N–H and O–H groups in total. The van der Waals surface area contributed by atoms with E-state index < -0.39 is 5.54 Å². The molecule has 0 saturated carbocycles. The van der Waals surface area contributed by atoms with Crippen LogP contribution in [0.3, 0.4) is 0 Å². The average Bonchev–Trinajstić information content (AvgIpc) is 2.34. The fourth-order valence-electron chi connectivity index (χ4n) is 1.85. The van der Waals surface area contributed by atoms with Crippen molar-refractivity contribution in [2.24, 2.45) is 11.7 Å². The zero-order chi connectivity index (χ0) is 13.3. The molecule has 17 heavy (non-hydrogen) atoms. The second-order valence-electron chi connectivity index (χ2n) is 4.91. The van der Waals surface area contributed by atoms with Crippen molar-refractivity contribution in [1.82, 2.24) is 5.32 Å². The van der Waals surface area contributed by atoms with Crippen molar-refractivity contribution >= 4 is 5.91 Å². The molecule has 0 bridgehead atoms. The smallest absolute Gasteiger partial charge is 0.220 e. The van der Waals surface area contributed by atoms with E-state index in [1.54, 1.807) is 0 Å². The van der Waals surface area contributed by atoms with E-state index in [9.17, 15) is 9.90 Å². The van der Waals surface area contributed by atoms with Gasteiger partial charge in [0.2, 0.25) is 5.91 Å². The lowest BCUT2D eigenvalue weighted by atomic mass is 9.93. The van der Waals surface area contributed by atoms with Crippen LogP contribution in [0.4, 0.5) is 0 Å². The van der Waals surface area contributed by atoms with Crippen LogP contribution in [-0.4, -0.2) is 29.7 Å². The monoisotopic (exact) mass is 244 g/mol. The van der Waals surface area contributed by atoms with Crippen LogP contribution in [0.15, 0.2) is 0 Å². The Bertz CT molecular complexity index is 207. The van der Waals surface area contributed by atoms with E-state index in [1.807, 2.05) is 13.8 Å². The van der Waals surface area contributed by atoms with E-state index in [0.29, 0.717) is 18.9 Å². The number of aliphatic hydroxyl groups is 1. The maximum atomic E-state index is 11.8. The lowest BCUT2D eigenvalue weighted by Crippen LogP contribution is -2.50. The highest BCUT2D eigenvalue weighted by molar-refractivity contribution is 5.76. The van der Waals surface area contributed by atoms with Gasteiger partial charge in [-0.25, -0.2) is 0 Å². The van der Waals surface area contributed by atoms with Crippen molar-refractivity contribution in [3.8, 4) is 0 Å². The minimum absolute atomic E-state index is 0.00406. The van der Waals surface area contributed by atoms with E-state index in [0.717, 1.165) is 25.7 Å². The molecule has 1 amide bonds. The molecule has 1 unspecified atom stereocenters. The van der Waals surface area contributed by atoms with Gasteiger partial charge in [-0.3, -0.25) is 4.79 Å². The van der Waals surface area contributed by atoms with E-state index in [2.05, 4.69) is 12.2 Å². The zero-order valence-corrected chi connectivity index (χ0v) is 11.5. The molecule has 0 spiro atoms. The number of nitrogens with one attached hydrogen (secondary N) is 1. The maximum absolute atomic E-state index is 11.8. The first-order chi connectivity index (χ1) is 8.03. The second kappa shape index (κ2) is 8.48. The molecule has 0 aliphatic rings. The quantitative estimate of drug-likeness (QED) is 0.574. The topological polar surface area (TPSA) is 75.3 Å². The highest BCUT2D eigenvalue weighted by atomic mass is 16.3. The summed E-state index contributed by atoms with van der Waals surface area (Å²) in [5.41, 5.74) is 5.03. The molecule has 0 rings (SSSR count). The number of nitrogens with two attached hydrogens (primary N) is 1. The molecule has 0 heterocycles. The van der Waals surface area contributed by atoms with E-state index in [-0.39, 0.29) is 12.5 Å². The number of amides is 1. The third-order valence-electron chi connectivity index (χ3n) is 3.58. The molecule has 4 heteroatoms. The minimum Gasteiger partial charge on any atom is -0.394 e. The zero-order valence-electron chi connectivity index (χ0n) is 11.5. The predicted molar refractivity (Wildman–Crippen MR) is 70.6 cm³/mol. The van der Waals surface area contributed by atoms with Gasteiger partial charge in [0, 0.05) is 6.42 Å². The second-order valence-corrected chi connectivity index (χ2v) is 4.91. The fraction of sp³-hybridized carbons (Fsp3) is 0.923. The normalized spacial score (nSPS) is 13.5. The first kappa shape index (κ1) is 16.4. The van der Waals surface area contributed by atoms with Crippen molar-refractivity contribution in [1.29, 1.82) is 0 Å². The van der Waals surface area contributed by atoms with Gasteiger partial charge in [0.15, 0.2) is 0 Å². The Morgan fingerprint density at radius 1 is 1.35 bits per heavy atom. The van der Waals surface area contributed by atoms with Gasteiger partial charge in [0.25, 0.3) is 0 Å². The van der Waals surface area contributed by atoms with Crippen LogP contribution < -0.4 is 11.1 Å². The van der Waals surface area contributed by atoms with Crippen molar-refractivity contribution < 1.29 is 9.90 Å². The Labute approximate surface area is 105 Å². The first-order valence-electron chi connectivity index (χ1n) is 6.65. The standard InChI is InChI=1S/C13H28N2O2/c1-4-13(5-2,10-16)15-12(17)7-6-11(3)8-9-14/h11,16H,4-10,14H2,1-3H3,(H,15,17). The summed E-state index contributed by atoms with van der Waals surface area (Å²) in [6.45, 7) is 6.75. The van der Waals surface area contributed by atoms with Crippen molar-refractivity contribution in [3.05, 3.63) is 0 Å². The van der Waals surface area contributed by atoms with Gasteiger partial charge >= 0.3 is 0 Å². The minimum atomic E-state index is -0.436. The lowest BCUT2D eigenvalue weighted by Gasteiger charge is -2.30. The van der Waals surface area contributed by atoms with Gasteiger partial charge < -0.3 is 16.2 Å². The van der Waals surface area contributed by atoms with E-state index in [4.69, 9.17) is 5.73 Å². The summed E-state index contributed by atoms with van der Waals surface area (Å²) in [5.74, 6) is 0.518. The summed E-state index contributed by atoms with van der Waals surface area (Å²) in [5, 5.41) is 12.3. The van der Waals surface area contributed by atoms with Crippen molar-refractivity contribution in [3.63, 3.8) is 0 Å². The van der Waals surface area contributed by atoms with Gasteiger partial charge in [0.05, 0.1) is 12.1 Å². The number of carbonyl (C=O) groups is 1. The van der Waals surface area contributed by atoms with Crippen LogP contribution in [0.2, 0.25) is 0 Å². The molecular weight excluding hydrogens is 216 g/mol. The lowest BCUT2D eigenvalue weighted by molar-refractivity contribution is -0.124. The van der Waals surface area contributed by atoms with E-state index >= 15 is 0 Å². The van der Waals surface area contributed by atoms with E-state index in [1.165, 1.54) is 0 Å².